The summed E-state index contributed by atoms with van der Waals surface area (Å²) in [6.45, 7) is 0. The van der Waals surface area contributed by atoms with Crippen LogP contribution in [0.4, 0.5) is 0 Å². The molecular weight excluding hydrogens is 239 g/mol. The molecule has 0 N–H and O–H groups in total. The van der Waals surface area contributed by atoms with Crippen molar-refractivity contribution in [1.29, 1.82) is 0 Å². The summed E-state index contributed by atoms with van der Waals surface area (Å²) in [6.07, 6.45) is 0. The normalized spacial score (nSPS) is 0. The quantitative estimate of drug-likeness (QED) is 0.493. The van der Waals surface area contributed by atoms with Crippen LogP contribution < -0.4 is 0 Å². The summed E-state index contributed by atoms with van der Waals surface area (Å²) in [5.41, 5.74) is 0. The van der Waals surface area contributed by atoms with E-state index >= 15 is 0 Å². The number of rotatable bonds is 0. The van der Waals surface area contributed by atoms with Crippen LogP contribution in [0.1, 0.15) is 0 Å². The summed E-state index contributed by atoms with van der Waals surface area (Å²) >= 11 is 0. The van der Waals surface area contributed by atoms with E-state index in [1.165, 1.54) is 0 Å². The zero-order valence-electron chi connectivity index (χ0n) is 1.45. The monoisotopic (exact) mass is 239 g/mol. The molecule has 4 heavy (non-hydrogen) atoms. The Morgan fingerprint density at radius 3 is 1.00 bits per heavy atom. The van der Waals surface area contributed by atoms with Crippen LogP contribution in [0, 0.1) is 0 Å². The molecule has 0 aromatic heterocycles. The molecule has 0 fully saturated rings. The van der Waals surface area contributed by atoms with Crippen LogP contribution in [0.2, 0.25) is 0 Å². The molecule has 0 bridgehead atoms. The molecule has 1 radical (unpaired) electrons. The van der Waals surface area contributed by atoms with Gasteiger partial charge in [0.2, 0.25) is 0 Å². The van der Waals surface area contributed by atoms with Gasteiger partial charge in [-0.2, -0.15) is 0 Å². The summed E-state index contributed by atoms with van der Waals surface area (Å²) in [7, 11) is 0. The second kappa shape index (κ2) is 16.8. The second-order valence-electron chi connectivity index (χ2n) is 0. The van der Waals surface area contributed by atoms with E-state index in [0.717, 1.165) is 0 Å². The Kier molecular flexibility index (Phi) is 119. The minimum atomic E-state index is 0. The SMILES string of the molecule is [LiH].[Nb].[Ti].[Zr]. The van der Waals surface area contributed by atoms with Gasteiger partial charge in [0.25, 0.3) is 0 Å². The molecule has 0 heterocycles. The topological polar surface area (TPSA) is 0 Å². The summed E-state index contributed by atoms with van der Waals surface area (Å²) in [5.74, 6) is 0. The zero-order chi connectivity index (χ0) is 0. The van der Waals surface area contributed by atoms with Crippen LogP contribution >= 0.6 is 0 Å². The molecule has 0 unspecified atom stereocenters. The van der Waals surface area contributed by atoms with Gasteiger partial charge in [-0.25, -0.2) is 0 Å². The number of hydrogen-bond acceptors (Lipinski definition) is 0. The van der Waals surface area contributed by atoms with Crippen molar-refractivity contribution < 1.29 is 70.3 Å². The molecule has 0 spiro atoms. The van der Waals surface area contributed by atoms with E-state index < -0.39 is 0 Å². The zero-order valence-corrected chi connectivity index (χ0v) is 7.67. The van der Waals surface area contributed by atoms with Crippen molar-refractivity contribution in [1.82, 2.24) is 0 Å². The van der Waals surface area contributed by atoms with E-state index in [0.29, 0.717) is 0 Å². The van der Waals surface area contributed by atoms with Crippen LogP contribution in [-0.2, 0) is 70.3 Å². The van der Waals surface area contributed by atoms with Gasteiger partial charge in [-0.1, -0.05) is 0 Å². The Morgan fingerprint density at radius 2 is 1.00 bits per heavy atom. The fourth-order valence-electron chi connectivity index (χ4n) is 0. The average molecular weight is 240 g/mol. The Morgan fingerprint density at radius 1 is 1.00 bits per heavy atom. The number of hydrogen-bond donors (Lipinski definition) is 0. The van der Waals surface area contributed by atoms with E-state index in [4.69, 9.17) is 0 Å². The Hall–Kier alpha value is 2.94. The van der Waals surface area contributed by atoms with Gasteiger partial charge in [0.1, 0.15) is 0 Å². The minimum absolute atomic E-state index is 0. The van der Waals surface area contributed by atoms with Gasteiger partial charge in [-0.05, 0) is 0 Å². The predicted molar refractivity (Wildman–Crippen MR) is 7.15 cm³/mol. The maximum Gasteiger partial charge on any atom is 0 e. The Labute approximate surface area is 87.6 Å². The third-order valence-electron chi connectivity index (χ3n) is 0. The largest absolute Gasteiger partial charge is 0 e. The molecule has 0 aliphatic heterocycles. The van der Waals surface area contributed by atoms with Crippen LogP contribution in [0.25, 0.3) is 0 Å². The van der Waals surface area contributed by atoms with E-state index in [2.05, 4.69) is 0 Å². The third kappa shape index (κ3) is 8.87. The van der Waals surface area contributed by atoms with Crippen molar-refractivity contribution in [3.63, 3.8) is 0 Å². The maximum absolute atomic E-state index is 0. The van der Waals surface area contributed by atoms with Crippen LogP contribution in [0.3, 0.4) is 0 Å². The molecule has 0 saturated heterocycles. The van der Waals surface area contributed by atoms with Crippen LogP contribution in [0.5, 0.6) is 0 Å². The molecule has 0 saturated carbocycles. The molecule has 0 aromatic carbocycles. The standard InChI is InChI=1S/Li.Nb.Ti.Zr.H. The van der Waals surface area contributed by atoms with E-state index in [1.807, 2.05) is 0 Å². The van der Waals surface area contributed by atoms with E-state index in [9.17, 15) is 0 Å². The Balaban J connectivity index is 0. The van der Waals surface area contributed by atoms with Gasteiger partial charge in [-0.3, -0.25) is 0 Å². The molecule has 0 aliphatic carbocycles. The summed E-state index contributed by atoms with van der Waals surface area (Å²) < 4.78 is 0. The van der Waals surface area contributed by atoms with Crippen molar-refractivity contribution in [2.24, 2.45) is 0 Å². The smallest absolute Gasteiger partial charge is 0 e. The molecule has 0 atom stereocenters. The van der Waals surface area contributed by atoms with Gasteiger partial charge in [0.05, 0.1) is 0 Å². The van der Waals surface area contributed by atoms with Crippen molar-refractivity contribution in [2.75, 3.05) is 0 Å². The molecule has 0 amide bonds. The first-order valence-corrected chi connectivity index (χ1v) is 0. The fraction of sp³-hybridized carbons (Fsp3) is 0. The molecule has 0 aromatic rings. The average Bonchev–Trinajstić information content (AvgIpc) is 0. The summed E-state index contributed by atoms with van der Waals surface area (Å²) in [6, 6.07) is 0. The van der Waals surface area contributed by atoms with E-state index in [1.54, 1.807) is 0 Å². The predicted octanol–water partition coefficient (Wildman–Crippen LogP) is -0.656. The van der Waals surface area contributed by atoms with Gasteiger partial charge in [0, 0.05) is 70.3 Å². The minimum Gasteiger partial charge on any atom is 0 e. The fourth-order valence-corrected chi connectivity index (χ4v) is 0. The van der Waals surface area contributed by atoms with Crippen molar-refractivity contribution in [3.05, 3.63) is 0 Å². The van der Waals surface area contributed by atoms with Gasteiger partial charge < -0.3 is 0 Å². The first-order valence-electron chi connectivity index (χ1n) is 0. The maximum atomic E-state index is 0. The van der Waals surface area contributed by atoms with Crippen molar-refractivity contribution in [3.8, 4) is 0 Å². The molecular formula is HLiNbTiZr. The summed E-state index contributed by atoms with van der Waals surface area (Å²) in [4.78, 5) is 0. The van der Waals surface area contributed by atoms with Crippen LogP contribution in [-0.4, -0.2) is 18.9 Å². The van der Waals surface area contributed by atoms with Crippen molar-refractivity contribution >= 4 is 18.9 Å². The Bertz CT molecular complexity index is 8.00. The molecule has 0 nitrogen and oxygen atoms in total. The van der Waals surface area contributed by atoms with E-state index in [-0.39, 0.29) is 89.2 Å². The molecule has 15 valence electrons. The van der Waals surface area contributed by atoms with Crippen molar-refractivity contribution in [2.45, 2.75) is 0 Å². The summed E-state index contributed by atoms with van der Waals surface area (Å²) in [5, 5.41) is 0. The van der Waals surface area contributed by atoms with Gasteiger partial charge in [-0.15, -0.1) is 0 Å². The molecule has 0 rings (SSSR count). The first-order chi connectivity index (χ1) is 0. The van der Waals surface area contributed by atoms with Gasteiger partial charge in [0.15, 0.2) is 0 Å². The second-order valence-corrected chi connectivity index (χ2v) is 0. The molecule has 0 aliphatic rings. The third-order valence-corrected chi connectivity index (χ3v) is 0. The van der Waals surface area contributed by atoms with Gasteiger partial charge >= 0.3 is 18.9 Å². The molecule has 4 heteroatoms. The van der Waals surface area contributed by atoms with Crippen LogP contribution in [0.15, 0.2) is 0 Å². The first kappa shape index (κ1) is 28.4.